The molecule has 17 heavy (non-hydrogen) atoms. The van der Waals surface area contributed by atoms with Crippen molar-refractivity contribution in [2.24, 2.45) is 0 Å². The zero-order chi connectivity index (χ0) is 11.9. The van der Waals surface area contributed by atoms with Crippen LogP contribution in [0.4, 0.5) is 0 Å². The van der Waals surface area contributed by atoms with Crippen LogP contribution in [-0.4, -0.2) is 32.4 Å². The monoisotopic (exact) mass is 236 g/mol. The maximum absolute atomic E-state index is 10.6. The van der Waals surface area contributed by atoms with Gasteiger partial charge in [-0.15, -0.1) is 0 Å². The smallest absolute Gasteiger partial charge is 0.157 e. The molecule has 1 aliphatic heterocycles. The van der Waals surface area contributed by atoms with Gasteiger partial charge in [0.1, 0.15) is 12.0 Å². The van der Waals surface area contributed by atoms with Crippen LogP contribution in [0, 0.1) is 0 Å². The third-order valence-electron chi connectivity index (χ3n) is 2.54. The van der Waals surface area contributed by atoms with Gasteiger partial charge >= 0.3 is 0 Å². The van der Waals surface area contributed by atoms with Crippen LogP contribution in [-0.2, 0) is 9.47 Å². The van der Waals surface area contributed by atoms with E-state index in [1.807, 2.05) is 12.1 Å². The Kier molecular flexibility index (Phi) is 4.53. The van der Waals surface area contributed by atoms with Crippen LogP contribution in [0.1, 0.15) is 23.2 Å². The van der Waals surface area contributed by atoms with Crippen molar-refractivity contribution in [1.82, 2.24) is 0 Å². The third-order valence-corrected chi connectivity index (χ3v) is 2.54. The molecule has 0 saturated carbocycles. The molecule has 2 rings (SSSR count). The minimum atomic E-state index is -0.0695. The van der Waals surface area contributed by atoms with Gasteiger partial charge < -0.3 is 14.2 Å². The molecule has 1 saturated heterocycles. The molecule has 92 valence electrons. The molecular weight excluding hydrogens is 220 g/mol. The van der Waals surface area contributed by atoms with Crippen molar-refractivity contribution >= 4 is 6.29 Å². The van der Waals surface area contributed by atoms with Gasteiger partial charge in [-0.1, -0.05) is 12.1 Å². The van der Waals surface area contributed by atoms with Gasteiger partial charge in [0.2, 0.25) is 0 Å². The van der Waals surface area contributed by atoms with Gasteiger partial charge in [-0.25, -0.2) is 0 Å². The molecule has 1 fully saturated rings. The van der Waals surface area contributed by atoms with Gasteiger partial charge in [0.15, 0.2) is 6.29 Å². The number of rotatable bonds is 6. The molecule has 1 aromatic carbocycles. The van der Waals surface area contributed by atoms with Gasteiger partial charge in [-0.3, -0.25) is 4.79 Å². The molecule has 0 unspecified atom stereocenters. The lowest BCUT2D eigenvalue weighted by Gasteiger charge is -2.09. The van der Waals surface area contributed by atoms with E-state index in [0.29, 0.717) is 25.4 Å². The lowest BCUT2D eigenvalue weighted by atomic mass is 10.2. The minimum absolute atomic E-state index is 0.0695. The van der Waals surface area contributed by atoms with E-state index < -0.39 is 0 Å². The maximum Gasteiger partial charge on any atom is 0.157 e. The number of carbonyl (C=O) groups excluding carboxylic acids is 1. The second-order valence-electron chi connectivity index (χ2n) is 3.85. The van der Waals surface area contributed by atoms with E-state index in [1.54, 1.807) is 12.1 Å². The molecule has 0 aromatic heterocycles. The normalized spacial score (nSPS) is 16.0. The molecule has 1 aromatic rings. The van der Waals surface area contributed by atoms with Gasteiger partial charge in [0.25, 0.3) is 0 Å². The van der Waals surface area contributed by atoms with Crippen LogP contribution in [0.5, 0.6) is 5.75 Å². The summed E-state index contributed by atoms with van der Waals surface area (Å²) in [6.07, 6.45) is 2.45. The summed E-state index contributed by atoms with van der Waals surface area (Å²) in [4.78, 5) is 10.6. The van der Waals surface area contributed by atoms with Crippen LogP contribution in [0.15, 0.2) is 24.3 Å². The second-order valence-corrected chi connectivity index (χ2v) is 3.85. The predicted octanol–water partition coefficient (Wildman–Crippen LogP) is 2.03. The number of ether oxygens (including phenoxy) is 3. The minimum Gasteiger partial charge on any atom is -0.494 e. The maximum atomic E-state index is 10.6. The van der Waals surface area contributed by atoms with Gasteiger partial charge in [-0.05, 0) is 18.6 Å². The number of benzene rings is 1. The molecule has 0 atom stereocenters. The summed E-state index contributed by atoms with van der Waals surface area (Å²) < 4.78 is 16.2. The summed E-state index contributed by atoms with van der Waals surface area (Å²) in [7, 11) is 0. The number of aldehydes is 1. The van der Waals surface area contributed by atoms with Crippen molar-refractivity contribution in [1.29, 1.82) is 0 Å². The molecule has 4 nitrogen and oxygen atoms in total. The lowest BCUT2D eigenvalue weighted by molar-refractivity contribution is -0.0492. The van der Waals surface area contributed by atoms with E-state index in [9.17, 15) is 4.79 Å². The van der Waals surface area contributed by atoms with Crippen LogP contribution >= 0.6 is 0 Å². The summed E-state index contributed by atoms with van der Waals surface area (Å²) in [5.74, 6) is 0.725. The van der Waals surface area contributed by atoms with E-state index in [2.05, 4.69) is 0 Å². The molecule has 1 aliphatic rings. The summed E-state index contributed by atoms with van der Waals surface area (Å²) in [6, 6.07) is 7.13. The fourth-order valence-electron chi connectivity index (χ4n) is 1.69. The van der Waals surface area contributed by atoms with Crippen molar-refractivity contribution in [3.05, 3.63) is 29.8 Å². The van der Waals surface area contributed by atoms with E-state index in [-0.39, 0.29) is 6.29 Å². The molecule has 0 spiro atoms. The second kappa shape index (κ2) is 6.37. The summed E-state index contributed by atoms with van der Waals surface area (Å²) in [5.41, 5.74) is 0.630. The summed E-state index contributed by atoms with van der Waals surface area (Å²) in [6.45, 7) is 1.98. The van der Waals surface area contributed by atoms with E-state index in [4.69, 9.17) is 14.2 Å². The Balaban J connectivity index is 1.68. The van der Waals surface area contributed by atoms with Crippen LogP contribution < -0.4 is 4.74 Å². The Labute approximate surface area is 100 Å². The molecule has 0 amide bonds. The zero-order valence-electron chi connectivity index (χ0n) is 9.63. The quantitative estimate of drug-likeness (QED) is 0.560. The molecule has 4 heteroatoms. The van der Waals surface area contributed by atoms with Crippen molar-refractivity contribution in [3.8, 4) is 5.75 Å². The topological polar surface area (TPSA) is 44.8 Å². The number of carbonyl (C=O) groups is 1. The summed E-state index contributed by atoms with van der Waals surface area (Å²) >= 11 is 0. The van der Waals surface area contributed by atoms with Crippen molar-refractivity contribution in [2.75, 3.05) is 19.8 Å². The lowest BCUT2D eigenvalue weighted by Crippen LogP contribution is -2.09. The van der Waals surface area contributed by atoms with Crippen LogP contribution in [0.3, 0.4) is 0 Å². The van der Waals surface area contributed by atoms with Crippen LogP contribution in [0.25, 0.3) is 0 Å². The molecule has 0 aliphatic carbocycles. The largest absolute Gasteiger partial charge is 0.494 e. The fourth-order valence-corrected chi connectivity index (χ4v) is 1.69. The Morgan fingerprint density at radius 1 is 1.35 bits per heavy atom. The fraction of sp³-hybridized carbons (Fsp3) is 0.462. The van der Waals surface area contributed by atoms with Gasteiger partial charge in [0, 0.05) is 12.0 Å². The highest BCUT2D eigenvalue weighted by molar-refractivity contribution is 5.75. The third kappa shape index (κ3) is 3.84. The van der Waals surface area contributed by atoms with E-state index in [1.165, 1.54) is 0 Å². The SMILES string of the molecule is O=Cc1cccc(OCCCC2OCCO2)c1. The molecule has 0 N–H and O–H groups in total. The van der Waals surface area contributed by atoms with Crippen molar-refractivity contribution in [2.45, 2.75) is 19.1 Å². The first-order chi connectivity index (χ1) is 8.38. The Morgan fingerprint density at radius 2 is 2.18 bits per heavy atom. The van der Waals surface area contributed by atoms with E-state index in [0.717, 1.165) is 24.9 Å². The van der Waals surface area contributed by atoms with Gasteiger partial charge in [0.05, 0.1) is 19.8 Å². The number of hydrogen-bond donors (Lipinski definition) is 0. The van der Waals surface area contributed by atoms with Crippen molar-refractivity contribution < 1.29 is 19.0 Å². The molecule has 1 heterocycles. The Morgan fingerprint density at radius 3 is 2.94 bits per heavy atom. The highest BCUT2D eigenvalue weighted by Crippen LogP contribution is 2.14. The Bertz CT molecular complexity index is 358. The predicted molar refractivity (Wildman–Crippen MR) is 62.3 cm³/mol. The first kappa shape index (κ1) is 12.1. The average molecular weight is 236 g/mol. The van der Waals surface area contributed by atoms with Crippen LogP contribution in [0.2, 0.25) is 0 Å². The molecular formula is C13H16O4. The molecule has 0 bridgehead atoms. The first-order valence-electron chi connectivity index (χ1n) is 5.80. The highest BCUT2D eigenvalue weighted by atomic mass is 16.7. The number of hydrogen-bond acceptors (Lipinski definition) is 4. The highest BCUT2D eigenvalue weighted by Gasteiger charge is 2.14. The first-order valence-corrected chi connectivity index (χ1v) is 5.80. The zero-order valence-corrected chi connectivity index (χ0v) is 9.63. The Hall–Kier alpha value is -1.39. The van der Waals surface area contributed by atoms with Crippen molar-refractivity contribution in [3.63, 3.8) is 0 Å². The summed E-state index contributed by atoms with van der Waals surface area (Å²) in [5, 5.41) is 0. The van der Waals surface area contributed by atoms with Gasteiger partial charge in [-0.2, -0.15) is 0 Å². The standard InChI is InChI=1S/C13H16O4/c14-10-11-3-1-4-12(9-11)15-6-2-5-13-16-7-8-17-13/h1,3-4,9-10,13H,2,5-8H2. The van der Waals surface area contributed by atoms with E-state index >= 15 is 0 Å². The molecule has 0 radical (unpaired) electrons. The average Bonchev–Trinajstić information content (AvgIpc) is 2.88.